The summed E-state index contributed by atoms with van der Waals surface area (Å²) in [5.41, 5.74) is 3.17. The zero-order chi connectivity index (χ0) is 23.1. The second kappa shape index (κ2) is 11.0. The van der Waals surface area contributed by atoms with Crippen molar-refractivity contribution in [2.75, 3.05) is 13.2 Å². The third kappa shape index (κ3) is 6.02. The molecule has 1 atom stereocenters. The van der Waals surface area contributed by atoms with E-state index in [2.05, 4.69) is 5.32 Å². The van der Waals surface area contributed by atoms with Gasteiger partial charge in [0, 0.05) is 19.0 Å². The third-order valence-electron chi connectivity index (χ3n) is 5.65. The number of aryl methyl sites for hydroxylation is 2. The summed E-state index contributed by atoms with van der Waals surface area (Å²) in [6.45, 7) is 9.33. The number of carbonyl (C=O) groups is 2. The van der Waals surface area contributed by atoms with Crippen LogP contribution in [-0.4, -0.2) is 42.0 Å². The molecule has 2 aromatic carbocycles. The van der Waals surface area contributed by atoms with Crippen LogP contribution in [0, 0.1) is 6.92 Å². The van der Waals surface area contributed by atoms with Crippen molar-refractivity contribution in [1.29, 1.82) is 0 Å². The minimum Gasteiger partial charge on any atom is -0.486 e. The van der Waals surface area contributed by atoms with Gasteiger partial charge in [-0.1, -0.05) is 37.3 Å². The summed E-state index contributed by atoms with van der Waals surface area (Å²) in [6, 6.07) is 13.3. The molecule has 6 nitrogen and oxygen atoms in total. The van der Waals surface area contributed by atoms with Gasteiger partial charge in [-0.15, -0.1) is 0 Å². The number of nitrogens with one attached hydrogen (secondary N) is 1. The van der Waals surface area contributed by atoms with Gasteiger partial charge in [-0.3, -0.25) is 9.59 Å². The summed E-state index contributed by atoms with van der Waals surface area (Å²) < 4.78 is 11.2. The van der Waals surface area contributed by atoms with Gasteiger partial charge in [0.05, 0.1) is 0 Å². The molecule has 0 spiro atoms. The molecule has 0 saturated heterocycles. The van der Waals surface area contributed by atoms with Crippen molar-refractivity contribution >= 4 is 11.8 Å². The number of nitrogens with zero attached hydrogens (tertiary/aromatic N) is 1. The summed E-state index contributed by atoms with van der Waals surface area (Å²) in [4.78, 5) is 28.0. The largest absolute Gasteiger partial charge is 0.486 e. The monoisotopic (exact) mass is 438 g/mol. The van der Waals surface area contributed by atoms with Crippen molar-refractivity contribution in [3.63, 3.8) is 0 Å². The molecular formula is C26H34N2O4. The van der Waals surface area contributed by atoms with Crippen LogP contribution in [0.4, 0.5) is 0 Å². The number of fused-ring (bicyclic) bond motifs is 1. The molecule has 0 aliphatic carbocycles. The minimum atomic E-state index is -0.509. The van der Waals surface area contributed by atoms with Crippen LogP contribution in [0.25, 0.3) is 0 Å². The molecule has 2 amide bonds. The van der Waals surface area contributed by atoms with E-state index in [9.17, 15) is 9.59 Å². The highest BCUT2D eigenvalue weighted by Gasteiger charge is 2.29. The van der Waals surface area contributed by atoms with Crippen molar-refractivity contribution in [1.82, 2.24) is 10.2 Å². The Morgan fingerprint density at radius 2 is 1.78 bits per heavy atom. The van der Waals surface area contributed by atoms with E-state index < -0.39 is 6.04 Å². The molecule has 1 aliphatic rings. The predicted octanol–water partition coefficient (Wildman–Crippen LogP) is 4.03. The number of ether oxygens (including phenoxy) is 2. The van der Waals surface area contributed by atoms with Crippen LogP contribution in [0.2, 0.25) is 0 Å². The van der Waals surface area contributed by atoms with E-state index in [4.69, 9.17) is 9.47 Å². The Balaban J connectivity index is 1.77. The van der Waals surface area contributed by atoms with Gasteiger partial charge >= 0.3 is 0 Å². The van der Waals surface area contributed by atoms with Crippen molar-refractivity contribution in [2.24, 2.45) is 0 Å². The Morgan fingerprint density at radius 3 is 2.47 bits per heavy atom. The van der Waals surface area contributed by atoms with E-state index in [1.165, 1.54) is 0 Å². The molecule has 1 aliphatic heterocycles. The first-order chi connectivity index (χ1) is 15.4. The first kappa shape index (κ1) is 23.6. The Kier molecular flexibility index (Phi) is 8.14. The maximum Gasteiger partial charge on any atom is 0.243 e. The van der Waals surface area contributed by atoms with Gasteiger partial charge in [-0.25, -0.2) is 0 Å². The first-order valence-electron chi connectivity index (χ1n) is 11.4. The topological polar surface area (TPSA) is 67.9 Å². The van der Waals surface area contributed by atoms with E-state index in [0.29, 0.717) is 39.0 Å². The Labute approximate surface area is 190 Å². The van der Waals surface area contributed by atoms with E-state index in [1.807, 2.05) is 70.2 Å². The standard InChI is InChI=1S/C26H34N2O4/c1-5-22(26(30)27-18(2)3)28(17-21-9-7-6-8-19(21)4)25(29)13-11-20-10-12-23-24(16-20)32-15-14-31-23/h6-10,12,16,18,22H,5,11,13-15,17H2,1-4H3,(H,27,30). The zero-order valence-corrected chi connectivity index (χ0v) is 19.5. The minimum absolute atomic E-state index is 0.0182. The van der Waals surface area contributed by atoms with Crippen molar-refractivity contribution in [3.8, 4) is 11.5 Å². The zero-order valence-electron chi connectivity index (χ0n) is 19.5. The van der Waals surface area contributed by atoms with Crippen LogP contribution < -0.4 is 14.8 Å². The lowest BCUT2D eigenvalue weighted by atomic mass is 10.0. The van der Waals surface area contributed by atoms with Gasteiger partial charge in [-0.05, 0) is 62.4 Å². The molecule has 172 valence electrons. The second-order valence-electron chi connectivity index (χ2n) is 8.51. The van der Waals surface area contributed by atoms with Gasteiger partial charge in [-0.2, -0.15) is 0 Å². The van der Waals surface area contributed by atoms with E-state index >= 15 is 0 Å². The number of hydrogen-bond acceptors (Lipinski definition) is 4. The molecular weight excluding hydrogens is 404 g/mol. The maximum absolute atomic E-state index is 13.4. The highest BCUT2D eigenvalue weighted by molar-refractivity contribution is 5.88. The first-order valence-corrected chi connectivity index (χ1v) is 11.4. The fourth-order valence-electron chi connectivity index (χ4n) is 3.91. The lowest BCUT2D eigenvalue weighted by molar-refractivity contribution is -0.141. The van der Waals surface area contributed by atoms with Gasteiger partial charge in [0.25, 0.3) is 0 Å². The molecule has 32 heavy (non-hydrogen) atoms. The van der Waals surface area contributed by atoms with E-state index in [1.54, 1.807) is 4.90 Å². The van der Waals surface area contributed by atoms with Gasteiger partial charge in [0.1, 0.15) is 19.3 Å². The lowest BCUT2D eigenvalue weighted by Crippen LogP contribution is -2.50. The lowest BCUT2D eigenvalue weighted by Gasteiger charge is -2.31. The smallest absolute Gasteiger partial charge is 0.243 e. The summed E-state index contributed by atoms with van der Waals surface area (Å²) in [5.74, 6) is 1.32. The molecule has 0 radical (unpaired) electrons. The molecule has 1 heterocycles. The van der Waals surface area contributed by atoms with E-state index in [-0.39, 0.29) is 17.9 Å². The Hall–Kier alpha value is -3.02. The molecule has 3 rings (SSSR count). The predicted molar refractivity (Wildman–Crippen MR) is 125 cm³/mol. The van der Waals surface area contributed by atoms with Crippen LogP contribution in [0.3, 0.4) is 0 Å². The molecule has 6 heteroatoms. The van der Waals surface area contributed by atoms with Crippen molar-refractivity contribution in [2.45, 2.75) is 65.6 Å². The molecule has 0 fully saturated rings. The highest BCUT2D eigenvalue weighted by Crippen LogP contribution is 2.31. The Bertz CT molecular complexity index is 941. The van der Waals surface area contributed by atoms with Gasteiger partial charge in [0.2, 0.25) is 11.8 Å². The third-order valence-corrected chi connectivity index (χ3v) is 5.65. The molecule has 1 unspecified atom stereocenters. The number of carbonyl (C=O) groups excluding carboxylic acids is 2. The molecule has 2 aromatic rings. The molecule has 0 saturated carbocycles. The normalized spacial score (nSPS) is 13.5. The van der Waals surface area contributed by atoms with Gasteiger partial charge in [0.15, 0.2) is 11.5 Å². The summed E-state index contributed by atoms with van der Waals surface area (Å²) in [5, 5.41) is 2.97. The summed E-state index contributed by atoms with van der Waals surface area (Å²) >= 11 is 0. The average molecular weight is 439 g/mol. The number of hydrogen-bond donors (Lipinski definition) is 1. The van der Waals surface area contributed by atoms with Crippen molar-refractivity contribution < 1.29 is 19.1 Å². The Morgan fingerprint density at radius 1 is 1.06 bits per heavy atom. The number of benzene rings is 2. The SMILES string of the molecule is CCC(C(=O)NC(C)C)N(Cc1ccccc1C)C(=O)CCc1ccc2c(c1)OCCO2. The fourth-order valence-corrected chi connectivity index (χ4v) is 3.91. The highest BCUT2D eigenvalue weighted by atomic mass is 16.6. The summed E-state index contributed by atoms with van der Waals surface area (Å²) in [6.07, 6.45) is 1.44. The maximum atomic E-state index is 13.4. The number of amides is 2. The fraction of sp³-hybridized carbons (Fsp3) is 0.462. The van der Waals surface area contributed by atoms with Gasteiger partial charge < -0.3 is 19.7 Å². The quantitative estimate of drug-likeness (QED) is 0.642. The molecule has 0 aromatic heterocycles. The number of rotatable bonds is 9. The molecule has 0 bridgehead atoms. The van der Waals surface area contributed by atoms with Crippen LogP contribution in [-0.2, 0) is 22.6 Å². The molecule has 1 N–H and O–H groups in total. The average Bonchev–Trinajstić information content (AvgIpc) is 2.78. The van der Waals surface area contributed by atoms with E-state index in [0.717, 1.165) is 28.2 Å². The summed E-state index contributed by atoms with van der Waals surface area (Å²) in [7, 11) is 0. The van der Waals surface area contributed by atoms with Crippen LogP contribution in [0.15, 0.2) is 42.5 Å². The van der Waals surface area contributed by atoms with Crippen LogP contribution >= 0.6 is 0 Å². The van der Waals surface area contributed by atoms with Crippen molar-refractivity contribution in [3.05, 3.63) is 59.2 Å². The van der Waals surface area contributed by atoms with Crippen LogP contribution in [0.5, 0.6) is 11.5 Å². The van der Waals surface area contributed by atoms with Crippen LogP contribution in [0.1, 0.15) is 50.3 Å². The second-order valence-corrected chi connectivity index (χ2v) is 8.51.